The van der Waals surface area contributed by atoms with E-state index in [4.69, 9.17) is 4.74 Å². The third-order valence-electron chi connectivity index (χ3n) is 4.69. The Labute approximate surface area is 183 Å². The molecule has 6 nitrogen and oxygen atoms in total. The first kappa shape index (κ1) is 20.6. The maximum absolute atomic E-state index is 12.6. The van der Waals surface area contributed by atoms with E-state index in [-0.39, 0.29) is 6.61 Å². The molecule has 0 unspecified atom stereocenters. The van der Waals surface area contributed by atoms with Crippen molar-refractivity contribution in [3.63, 3.8) is 0 Å². The van der Waals surface area contributed by atoms with Gasteiger partial charge in [0.15, 0.2) is 0 Å². The number of ether oxygens (including phenoxy) is 1. The van der Waals surface area contributed by atoms with Crippen LogP contribution in [0.3, 0.4) is 0 Å². The van der Waals surface area contributed by atoms with Crippen LogP contribution in [0.1, 0.15) is 22.8 Å². The molecule has 3 aromatic carbocycles. The molecule has 2 amide bonds. The number of carbonyl (C=O) groups is 2. The molecule has 4 aromatic rings. The predicted octanol–water partition coefficient (Wildman–Crippen LogP) is 6.09. The van der Waals surface area contributed by atoms with E-state index in [2.05, 4.69) is 21.7 Å². The molecule has 0 spiro atoms. The van der Waals surface area contributed by atoms with Crippen molar-refractivity contribution in [3.05, 3.63) is 77.9 Å². The van der Waals surface area contributed by atoms with E-state index >= 15 is 0 Å². The molecule has 7 heteroatoms. The van der Waals surface area contributed by atoms with Crippen molar-refractivity contribution in [2.75, 3.05) is 17.2 Å². The molecule has 0 aliphatic rings. The summed E-state index contributed by atoms with van der Waals surface area (Å²) in [5.41, 5.74) is 4.26. The highest BCUT2D eigenvalue weighted by atomic mass is 32.1. The minimum absolute atomic E-state index is 0.263. The van der Waals surface area contributed by atoms with Crippen molar-refractivity contribution in [2.45, 2.75) is 13.8 Å². The highest BCUT2D eigenvalue weighted by molar-refractivity contribution is 7.21. The second-order valence-electron chi connectivity index (χ2n) is 6.86. The molecule has 1 aromatic heterocycles. The number of rotatable bonds is 5. The number of aromatic nitrogens is 1. The summed E-state index contributed by atoms with van der Waals surface area (Å²) >= 11 is 1.63. The molecule has 31 heavy (non-hydrogen) atoms. The summed E-state index contributed by atoms with van der Waals surface area (Å²) in [6.07, 6.45) is 0. The van der Waals surface area contributed by atoms with E-state index in [0.717, 1.165) is 26.4 Å². The van der Waals surface area contributed by atoms with Crippen molar-refractivity contribution in [3.8, 4) is 10.6 Å². The highest BCUT2D eigenvalue weighted by Crippen LogP contribution is 2.32. The van der Waals surface area contributed by atoms with E-state index in [0.29, 0.717) is 16.9 Å². The molecule has 0 bridgehead atoms. The number of esters is 1. The maximum Gasteiger partial charge on any atom is 0.340 e. The van der Waals surface area contributed by atoms with Gasteiger partial charge >= 0.3 is 12.0 Å². The van der Waals surface area contributed by atoms with Crippen LogP contribution in [0.4, 0.5) is 16.2 Å². The van der Waals surface area contributed by atoms with Crippen molar-refractivity contribution < 1.29 is 14.3 Å². The predicted molar refractivity (Wildman–Crippen MR) is 125 cm³/mol. The van der Waals surface area contributed by atoms with Gasteiger partial charge < -0.3 is 15.4 Å². The van der Waals surface area contributed by atoms with Crippen LogP contribution in [0.25, 0.3) is 20.8 Å². The Hall–Kier alpha value is -3.71. The number of hydrogen-bond donors (Lipinski definition) is 2. The van der Waals surface area contributed by atoms with Crippen LogP contribution in [-0.2, 0) is 4.74 Å². The lowest BCUT2D eigenvalue weighted by Crippen LogP contribution is -2.21. The number of aryl methyl sites for hydroxylation is 1. The topological polar surface area (TPSA) is 80.3 Å². The number of hydrogen-bond acceptors (Lipinski definition) is 5. The first-order valence-corrected chi connectivity index (χ1v) is 10.7. The Morgan fingerprint density at radius 1 is 0.968 bits per heavy atom. The largest absolute Gasteiger partial charge is 0.462 e. The number of nitrogens with one attached hydrogen (secondary N) is 2. The molecule has 4 rings (SSSR count). The molecule has 0 saturated carbocycles. The van der Waals surface area contributed by atoms with Crippen LogP contribution < -0.4 is 10.6 Å². The summed E-state index contributed by atoms with van der Waals surface area (Å²) < 4.78 is 6.19. The summed E-state index contributed by atoms with van der Waals surface area (Å²) in [5.74, 6) is -0.477. The summed E-state index contributed by atoms with van der Waals surface area (Å²) in [6.45, 7) is 3.93. The Kier molecular flexibility index (Phi) is 5.95. The quantitative estimate of drug-likeness (QED) is 0.375. The van der Waals surface area contributed by atoms with Gasteiger partial charge in [-0.3, -0.25) is 0 Å². The first-order chi connectivity index (χ1) is 15.0. The van der Waals surface area contributed by atoms with Crippen molar-refractivity contribution >= 4 is 44.9 Å². The second-order valence-corrected chi connectivity index (χ2v) is 7.89. The van der Waals surface area contributed by atoms with Gasteiger partial charge in [0.25, 0.3) is 0 Å². The number of nitrogens with zero attached hydrogens (tertiary/aromatic N) is 1. The summed E-state index contributed by atoms with van der Waals surface area (Å²) in [6, 6.07) is 20.1. The number of fused-ring (bicyclic) bond motifs is 1. The van der Waals surface area contributed by atoms with Crippen LogP contribution in [0.5, 0.6) is 0 Å². The zero-order valence-corrected chi connectivity index (χ0v) is 18.0. The summed E-state index contributed by atoms with van der Waals surface area (Å²) in [5, 5.41) is 6.51. The molecular formula is C24H21N3O3S. The number of anilines is 2. The average Bonchev–Trinajstić information content (AvgIpc) is 3.20. The van der Waals surface area contributed by atoms with Crippen molar-refractivity contribution in [2.24, 2.45) is 0 Å². The highest BCUT2D eigenvalue weighted by Gasteiger charge is 2.15. The lowest BCUT2D eigenvalue weighted by molar-refractivity contribution is 0.0527. The third kappa shape index (κ3) is 4.57. The number of carbonyl (C=O) groups excluding carboxylic acids is 2. The fourth-order valence-corrected chi connectivity index (χ4v) is 4.15. The number of benzene rings is 3. The molecule has 1 heterocycles. The van der Waals surface area contributed by atoms with Crippen molar-refractivity contribution in [1.29, 1.82) is 0 Å². The van der Waals surface area contributed by atoms with Gasteiger partial charge in [-0.2, -0.15) is 0 Å². The SMILES string of the molecule is CCOC(=O)c1ccccc1NC(=O)Nc1ccc(-c2nc3ccccc3s2)cc1C. The molecule has 0 fully saturated rings. The number of amides is 2. The molecule has 0 saturated heterocycles. The van der Waals surface area contributed by atoms with E-state index in [1.54, 1.807) is 42.5 Å². The number of thiazole rings is 1. The molecular weight excluding hydrogens is 410 g/mol. The van der Waals surface area contributed by atoms with Crippen LogP contribution in [-0.4, -0.2) is 23.6 Å². The van der Waals surface area contributed by atoms with Gasteiger partial charge in [-0.05, 0) is 61.9 Å². The van der Waals surface area contributed by atoms with Gasteiger partial charge in [0.05, 0.1) is 28.1 Å². The van der Waals surface area contributed by atoms with Gasteiger partial charge in [-0.1, -0.05) is 24.3 Å². The lowest BCUT2D eigenvalue weighted by Gasteiger charge is -2.13. The van der Waals surface area contributed by atoms with Crippen LogP contribution in [0.2, 0.25) is 0 Å². The lowest BCUT2D eigenvalue weighted by atomic mass is 10.1. The normalized spacial score (nSPS) is 10.6. The number of urea groups is 1. The molecule has 156 valence electrons. The minimum Gasteiger partial charge on any atom is -0.462 e. The van der Waals surface area contributed by atoms with E-state index in [9.17, 15) is 9.59 Å². The Morgan fingerprint density at radius 2 is 1.71 bits per heavy atom. The maximum atomic E-state index is 12.6. The first-order valence-electron chi connectivity index (χ1n) is 9.86. The standard InChI is InChI=1S/C24H21N3O3S/c1-3-30-23(28)17-8-4-5-9-19(17)27-24(29)26-18-13-12-16(14-15(18)2)22-25-20-10-6-7-11-21(20)31-22/h4-14H,3H2,1-2H3,(H2,26,27,29). The second kappa shape index (κ2) is 8.97. The molecule has 0 radical (unpaired) electrons. The Bertz CT molecular complexity index is 1230. The molecule has 0 atom stereocenters. The van der Waals surface area contributed by atoms with Gasteiger partial charge in [0, 0.05) is 11.3 Å². The zero-order chi connectivity index (χ0) is 21.8. The van der Waals surface area contributed by atoms with Crippen molar-refractivity contribution in [1.82, 2.24) is 4.98 Å². The fraction of sp³-hybridized carbons (Fsp3) is 0.125. The molecule has 0 aliphatic heterocycles. The Morgan fingerprint density at radius 3 is 2.48 bits per heavy atom. The van der Waals surface area contributed by atoms with E-state index < -0.39 is 12.0 Å². The third-order valence-corrected chi connectivity index (χ3v) is 5.77. The van der Waals surface area contributed by atoms with Crippen LogP contribution >= 0.6 is 11.3 Å². The molecule has 0 aliphatic carbocycles. The van der Waals surface area contributed by atoms with Crippen LogP contribution in [0, 0.1) is 6.92 Å². The van der Waals surface area contributed by atoms with E-state index in [1.165, 1.54) is 0 Å². The van der Waals surface area contributed by atoms with Gasteiger partial charge in [-0.15, -0.1) is 11.3 Å². The summed E-state index contributed by atoms with van der Waals surface area (Å²) in [7, 11) is 0. The number of para-hydroxylation sites is 2. The monoisotopic (exact) mass is 431 g/mol. The van der Waals surface area contributed by atoms with Gasteiger partial charge in [0.2, 0.25) is 0 Å². The fourth-order valence-electron chi connectivity index (χ4n) is 3.19. The average molecular weight is 432 g/mol. The Balaban J connectivity index is 1.50. The smallest absolute Gasteiger partial charge is 0.340 e. The summed E-state index contributed by atoms with van der Waals surface area (Å²) in [4.78, 5) is 29.3. The van der Waals surface area contributed by atoms with Gasteiger partial charge in [0.1, 0.15) is 5.01 Å². The van der Waals surface area contributed by atoms with Gasteiger partial charge in [-0.25, -0.2) is 14.6 Å². The zero-order valence-electron chi connectivity index (χ0n) is 17.1. The minimum atomic E-state index is -0.477. The molecule has 2 N–H and O–H groups in total. The van der Waals surface area contributed by atoms with Crippen LogP contribution in [0.15, 0.2) is 66.7 Å². The van der Waals surface area contributed by atoms with E-state index in [1.807, 2.05) is 43.3 Å².